The van der Waals surface area contributed by atoms with Crippen molar-refractivity contribution in [1.82, 2.24) is 4.57 Å². The van der Waals surface area contributed by atoms with Crippen molar-refractivity contribution in [3.05, 3.63) is 76.2 Å². The maximum atomic E-state index is 13.1. The molecule has 3 aromatic rings. The second-order valence-corrected chi connectivity index (χ2v) is 7.02. The Morgan fingerprint density at radius 3 is 2.69 bits per heavy atom. The fourth-order valence-electron chi connectivity index (χ4n) is 2.91. The van der Waals surface area contributed by atoms with Crippen LogP contribution < -0.4 is 5.32 Å². The third-order valence-electron chi connectivity index (χ3n) is 4.53. The van der Waals surface area contributed by atoms with Gasteiger partial charge < -0.3 is 19.0 Å². The van der Waals surface area contributed by atoms with Crippen LogP contribution in [0.4, 0.5) is 10.1 Å². The normalized spacial score (nSPS) is 11.9. The maximum absolute atomic E-state index is 13.1. The first-order valence-corrected chi connectivity index (χ1v) is 9.30. The second kappa shape index (κ2) is 8.53. The number of ether oxygens (including phenoxy) is 1. The SMILES string of the molecule is Cc1cc(C(=O)O[C@@H](C)C(=O)Nc2ccc(F)cc2Cl)c(C)n1Cc1ccco1. The van der Waals surface area contributed by atoms with Crippen LogP contribution in [0.5, 0.6) is 0 Å². The lowest BCUT2D eigenvalue weighted by Gasteiger charge is -2.14. The van der Waals surface area contributed by atoms with E-state index in [-0.39, 0.29) is 10.7 Å². The molecule has 6 nitrogen and oxygen atoms in total. The van der Waals surface area contributed by atoms with Crippen molar-refractivity contribution >= 4 is 29.2 Å². The van der Waals surface area contributed by atoms with Gasteiger partial charge in [-0.1, -0.05) is 11.6 Å². The average Bonchev–Trinajstić information content (AvgIpc) is 3.27. The van der Waals surface area contributed by atoms with E-state index in [1.165, 1.54) is 19.1 Å². The Bertz CT molecular complexity index is 1040. The average molecular weight is 419 g/mol. The van der Waals surface area contributed by atoms with Crippen molar-refractivity contribution in [3.8, 4) is 0 Å². The number of nitrogens with one attached hydrogen (secondary N) is 1. The minimum atomic E-state index is -1.07. The molecule has 0 radical (unpaired) electrons. The molecule has 2 heterocycles. The number of furan rings is 1. The van der Waals surface area contributed by atoms with Gasteiger partial charge in [-0.15, -0.1) is 0 Å². The molecule has 0 aliphatic rings. The summed E-state index contributed by atoms with van der Waals surface area (Å²) in [5.74, 6) is -0.944. The first kappa shape index (κ1) is 20.7. The molecule has 2 aromatic heterocycles. The summed E-state index contributed by atoms with van der Waals surface area (Å²) in [6.45, 7) is 5.61. The summed E-state index contributed by atoms with van der Waals surface area (Å²) in [7, 11) is 0. The molecule has 1 amide bonds. The minimum Gasteiger partial charge on any atom is -0.467 e. The number of halogens is 2. The lowest BCUT2D eigenvalue weighted by atomic mass is 10.2. The number of anilines is 1. The van der Waals surface area contributed by atoms with Gasteiger partial charge in [-0.3, -0.25) is 4.79 Å². The zero-order valence-electron chi connectivity index (χ0n) is 16.2. The Morgan fingerprint density at radius 1 is 1.28 bits per heavy atom. The topological polar surface area (TPSA) is 73.5 Å². The van der Waals surface area contributed by atoms with Crippen molar-refractivity contribution < 1.29 is 23.1 Å². The number of hydrogen-bond acceptors (Lipinski definition) is 4. The van der Waals surface area contributed by atoms with Crippen molar-refractivity contribution in [2.24, 2.45) is 0 Å². The quantitative estimate of drug-likeness (QED) is 0.588. The third-order valence-corrected chi connectivity index (χ3v) is 4.84. The summed E-state index contributed by atoms with van der Waals surface area (Å²) in [5, 5.41) is 2.58. The molecule has 3 rings (SSSR count). The monoisotopic (exact) mass is 418 g/mol. The highest BCUT2D eigenvalue weighted by atomic mass is 35.5. The van der Waals surface area contributed by atoms with Crippen molar-refractivity contribution in [2.75, 3.05) is 5.32 Å². The van der Waals surface area contributed by atoms with E-state index in [1.54, 1.807) is 25.3 Å². The zero-order valence-corrected chi connectivity index (χ0v) is 16.9. The van der Waals surface area contributed by atoms with Gasteiger partial charge in [0, 0.05) is 11.4 Å². The largest absolute Gasteiger partial charge is 0.467 e. The summed E-state index contributed by atoms with van der Waals surface area (Å²) in [6, 6.07) is 8.96. The number of esters is 1. The summed E-state index contributed by atoms with van der Waals surface area (Å²) in [5.41, 5.74) is 2.17. The molecule has 0 aliphatic heterocycles. The van der Waals surface area contributed by atoms with Crippen molar-refractivity contribution in [1.29, 1.82) is 0 Å². The third kappa shape index (κ3) is 4.68. The first-order valence-electron chi connectivity index (χ1n) is 8.92. The Morgan fingerprint density at radius 2 is 2.03 bits per heavy atom. The lowest BCUT2D eigenvalue weighted by Crippen LogP contribution is -2.30. The predicted molar refractivity (Wildman–Crippen MR) is 107 cm³/mol. The molecule has 0 spiro atoms. The molecule has 1 N–H and O–H groups in total. The molecule has 152 valence electrons. The number of hydrogen-bond donors (Lipinski definition) is 1. The van der Waals surface area contributed by atoms with Gasteiger partial charge in [-0.2, -0.15) is 0 Å². The Balaban J connectivity index is 1.68. The zero-order chi connectivity index (χ0) is 21.1. The lowest BCUT2D eigenvalue weighted by molar-refractivity contribution is -0.123. The Kier molecular flexibility index (Phi) is 6.08. The van der Waals surface area contributed by atoms with E-state index < -0.39 is 23.8 Å². The van der Waals surface area contributed by atoms with Gasteiger partial charge >= 0.3 is 5.97 Å². The van der Waals surface area contributed by atoms with Crippen LogP contribution in [0.3, 0.4) is 0 Å². The van der Waals surface area contributed by atoms with E-state index in [9.17, 15) is 14.0 Å². The predicted octanol–water partition coefficient (Wildman–Crippen LogP) is 4.72. The molecule has 8 heteroatoms. The molecule has 0 bridgehead atoms. The van der Waals surface area contributed by atoms with E-state index in [1.807, 2.05) is 17.6 Å². The number of aromatic nitrogens is 1. The van der Waals surface area contributed by atoms with E-state index >= 15 is 0 Å². The van der Waals surface area contributed by atoms with E-state index in [4.69, 9.17) is 20.8 Å². The van der Waals surface area contributed by atoms with E-state index in [2.05, 4.69) is 5.32 Å². The Hall–Kier alpha value is -3.06. The summed E-state index contributed by atoms with van der Waals surface area (Å²) in [4.78, 5) is 24.9. The van der Waals surface area contributed by atoms with Gasteiger partial charge in [0.1, 0.15) is 11.6 Å². The highest BCUT2D eigenvalue weighted by Gasteiger charge is 2.23. The van der Waals surface area contributed by atoms with Crippen LogP contribution in [0.25, 0.3) is 0 Å². The number of nitrogens with zero attached hydrogens (tertiary/aromatic N) is 1. The molecule has 0 fully saturated rings. The second-order valence-electron chi connectivity index (χ2n) is 6.61. The molecule has 0 saturated carbocycles. The van der Waals surface area contributed by atoms with Crippen LogP contribution in [0.2, 0.25) is 5.02 Å². The van der Waals surface area contributed by atoms with Crippen LogP contribution in [-0.2, 0) is 16.1 Å². The molecule has 1 aromatic carbocycles. The summed E-state index contributed by atoms with van der Waals surface area (Å²) in [6.07, 6.45) is 0.517. The standard InChI is InChI=1S/C21H20ClFN2O4/c1-12-9-17(13(2)25(12)11-16-5-4-8-28-16)21(27)29-14(3)20(26)24-19-7-6-15(23)10-18(19)22/h4-10,14H,11H2,1-3H3,(H,24,26)/t14-/m0/s1. The highest BCUT2D eigenvalue weighted by Crippen LogP contribution is 2.23. The highest BCUT2D eigenvalue weighted by molar-refractivity contribution is 6.33. The number of carbonyl (C=O) groups is 2. The maximum Gasteiger partial charge on any atom is 0.340 e. The van der Waals surface area contributed by atoms with Gasteiger partial charge in [-0.25, -0.2) is 9.18 Å². The fourth-order valence-corrected chi connectivity index (χ4v) is 3.13. The van der Waals surface area contributed by atoms with Crippen LogP contribution in [-0.4, -0.2) is 22.5 Å². The van der Waals surface area contributed by atoms with Gasteiger partial charge in [0.2, 0.25) is 0 Å². The molecule has 0 aliphatic carbocycles. The van der Waals surface area contributed by atoms with Gasteiger partial charge in [0.05, 0.1) is 29.1 Å². The van der Waals surface area contributed by atoms with Crippen LogP contribution in [0, 0.1) is 19.7 Å². The number of aryl methyl sites for hydroxylation is 1. The smallest absolute Gasteiger partial charge is 0.340 e. The first-order chi connectivity index (χ1) is 13.8. The van der Waals surface area contributed by atoms with Crippen LogP contribution >= 0.6 is 11.6 Å². The van der Waals surface area contributed by atoms with E-state index in [0.717, 1.165) is 17.5 Å². The molecular weight excluding hydrogens is 399 g/mol. The molecule has 0 saturated heterocycles. The van der Waals surface area contributed by atoms with Crippen LogP contribution in [0.1, 0.15) is 34.4 Å². The van der Waals surface area contributed by atoms with E-state index in [0.29, 0.717) is 17.8 Å². The fraction of sp³-hybridized carbons (Fsp3) is 0.238. The number of carbonyl (C=O) groups excluding carboxylic acids is 2. The van der Waals surface area contributed by atoms with Gasteiger partial charge in [0.15, 0.2) is 6.10 Å². The van der Waals surface area contributed by atoms with Gasteiger partial charge in [0.25, 0.3) is 5.91 Å². The Labute approximate surface area is 172 Å². The molecule has 0 unspecified atom stereocenters. The number of benzene rings is 1. The number of rotatable bonds is 6. The molecule has 1 atom stereocenters. The summed E-state index contributed by atoms with van der Waals surface area (Å²) < 4.78 is 25.7. The van der Waals surface area contributed by atoms with Crippen molar-refractivity contribution in [2.45, 2.75) is 33.4 Å². The van der Waals surface area contributed by atoms with Crippen molar-refractivity contribution in [3.63, 3.8) is 0 Å². The molecule has 29 heavy (non-hydrogen) atoms. The summed E-state index contributed by atoms with van der Waals surface area (Å²) >= 11 is 5.91. The molecular formula is C21H20ClFN2O4. The minimum absolute atomic E-state index is 0.0540. The number of amides is 1. The van der Waals surface area contributed by atoms with Gasteiger partial charge in [-0.05, 0) is 57.2 Å². The van der Waals surface area contributed by atoms with Crippen LogP contribution in [0.15, 0.2) is 47.1 Å².